The largest absolute Gasteiger partial charge is 0.309 e. The van der Waals surface area contributed by atoms with Gasteiger partial charge in [0.25, 0.3) is 0 Å². The lowest BCUT2D eigenvalue weighted by Crippen LogP contribution is -1.94. The Kier molecular flexibility index (Phi) is 17.1. The second-order valence-electron chi connectivity index (χ2n) is 31.8. The molecule has 0 unspecified atom stereocenters. The molecule has 0 bridgehead atoms. The third-order valence-corrected chi connectivity index (χ3v) is 25.0. The molecule has 0 atom stereocenters. The van der Waals surface area contributed by atoms with Crippen molar-refractivity contribution in [3.05, 3.63) is 456 Å². The van der Waals surface area contributed by atoms with Gasteiger partial charge in [0.05, 0.1) is 66.2 Å². The van der Waals surface area contributed by atoms with Gasteiger partial charge in [0.2, 0.25) is 0 Å². The van der Waals surface area contributed by atoms with Crippen molar-refractivity contribution < 1.29 is 0 Å². The minimum absolute atomic E-state index is 1.14. The second kappa shape index (κ2) is 29.6. The molecule has 580 valence electrons. The Balaban J connectivity index is 0.000000105. The number of rotatable bonds is 10. The summed E-state index contributed by atoms with van der Waals surface area (Å²) in [4.78, 5) is 13.6. The van der Waals surface area contributed by atoms with Crippen LogP contribution in [0.15, 0.2) is 456 Å². The third kappa shape index (κ3) is 11.7. The summed E-state index contributed by atoms with van der Waals surface area (Å²) in [5, 5.41) is 17.1. The van der Waals surface area contributed by atoms with Crippen molar-refractivity contribution in [1.82, 2.24) is 42.4 Å². The number of hydrogen-bond acceptors (Lipinski definition) is 3. The summed E-state index contributed by atoms with van der Waals surface area (Å²) in [6, 6.07) is 150. The van der Waals surface area contributed by atoms with Crippen molar-refractivity contribution in [2.24, 2.45) is 0 Å². The zero-order chi connectivity index (χ0) is 81.7. The van der Waals surface area contributed by atoms with Crippen molar-refractivity contribution in [3.63, 3.8) is 0 Å². The van der Waals surface area contributed by atoms with E-state index in [1.54, 1.807) is 0 Å². The summed E-state index contributed by atoms with van der Waals surface area (Å²) in [6.07, 6.45) is 11.7. The molecule has 26 rings (SSSR count). The first-order valence-corrected chi connectivity index (χ1v) is 42.2. The molecular formula is C115H75N9. The molecule has 9 nitrogen and oxygen atoms in total. The lowest BCUT2D eigenvalue weighted by Gasteiger charge is -2.11. The van der Waals surface area contributed by atoms with Gasteiger partial charge in [-0.1, -0.05) is 273 Å². The second-order valence-corrected chi connectivity index (χ2v) is 31.8. The molecule has 0 aliphatic carbocycles. The highest BCUT2D eigenvalue weighted by atomic mass is 15.0. The van der Waals surface area contributed by atoms with Gasteiger partial charge in [-0.05, 0) is 201 Å². The van der Waals surface area contributed by atoms with E-state index in [0.717, 1.165) is 55.5 Å². The predicted octanol–water partition coefficient (Wildman–Crippen LogP) is 29.6. The van der Waals surface area contributed by atoms with Crippen molar-refractivity contribution in [2.45, 2.75) is 0 Å². The van der Waals surface area contributed by atoms with Crippen molar-refractivity contribution in [3.8, 4) is 78.6 Å². The molecule has 0 amide bonds. The van der Waals surface area contributed by atoms with Gasteiger partial charge >= 0.3 is 0 Å². The topological polar surface area (TPSA) is 68.2 Å². The zero-order valence-corrected chi connectivity index (χ0v) is 67.3. The van der Waals surface area contributed by atoms with Crippen LogP contribution in [0.5, 0.6) is 0 Å². The molecule has 0 saturated carbocycles. The van der Waals surface area contributed by atoms with Gasteiger partial charge in [-0.3, -0.25) is 15.0 Å². The molecule has 0 aliphatic rings. The molecule has 0 N–H and O–H groups in total. The smallest absolute Gasteiger partial charge is 0.0572 e. The van der Waals surface area contributed by atoms with Crippen LogP contribution in [0.3, 0.4) is 0 Å². The van der Waals surface area contributed by atoms with E-state index in [9.17, 15) is 0 Å². The lowest BCUT2D eigenvalue weighted by atomic mass is 9.98. The van der Waals surface area contributed by atoms with Gasteiger partial charge in [-0.25, -0.2) is 0 Å². The van der Waals surface area contributed by atoms with E-state index >= 15 is 0 Å². The first-order chi connectivity index (χ1) is 61.6. The molecule has 9 heteroatoms. The Morgan fingerprint density at radius 3 is 0.790 bits per heavy atom. The van der Waals surface area contributed by atoms with Crippen LogP contribution in [0.25, 0.3) is 220 Å². The van der Waals surface area contributed by atoms with Gasteiger partial charge in [0.1, 0.15) is 0 Å². The molecule has 26 aromatic rings. The van der Waals surface area contributed by atoms with E-state index in [4.69, 9.17) is 0 Å². The summed E-state index contributed by atoms with van der Waals surface area (Å²) in [6.45, 7) is 0. The summed E-state index contributed by atoms with van der Waals surface area (Å²) >= 11 is 0. The van der Waals surface area contributed by atoms with Gasteiger partial charge in [-0.2, -0.15) is 0 Å². The first-order valence-electron chi connectivity index (χ1n) is 42.2. The Morgan fingerprint density at radius 2 is 0.411 bits per heavy atom. The number of aromatic nitrogens is 9. The van der Waals surface area contributed by atoms with Crippen LogP contribution in [0.2, 0.25) is 0 Å². The maximum absolute atomic E-state index is 4.55. The maximum Gasteiger partial charge on any atom is 0.0572 e. The molecular weight excluding hydrogens is 1510 g/mol. The fourth-order valence-corrected chi connectivity index (χ4v) is 19.6. The van der Waals surface area contributed by atoms with Crippen LogP contribution < -0.4 is 0 Å². The van der Waals surface area contributed by atoms with Gasteiger partial charge in [-0.15, -0.1) is 0 Å². The van der Waals surface area contributed by atoms with Crippen molar-refractivity contribution in [1.29, 1.82) is 0 Å². The van der Waals surface area contributed by atoms with Crippen LogP contribution in [0.4, 0.5) is 0 Å². The Hall–Kier alpha value is -16.8. The van der Waals surface area contributed by atoms with Crippen molar-refractivity contribution in [2.75, 3.05) is 0 Å². The molecule has 17 aromatic carbocycles. The molecule has 0 fully saturated rings. The zero-order valence-electron chi connectivity index (χ0n) is 67.3. The molecule has 9 heterocycles. The van der Waals surface area contributed by atoms with Crippen molar-refractivity contribution >= 4 is 142 Å². The van der Waals surface area contributed by atoms with Gasteiger partial charge in [0, 0.05) is 136 Å². The van der Waals surface area contributed by atoms with E-state index in [0.29, 0.717) is 0 Å². The fourth-order valence-electron chi connectivity index (χ4n) is 19.6. The van der Waals surface area contributed by atoms with Gasteiger partial charge in [0.15, 0.2) is 0 Å². The molecule has 0 aliphatic heterocycles. The number of fused-ring (bicyclic) bond motifs is 19. The highest BCUT2D eigenvalue weighted by Gasteiger charge is 2.24. The minimum Gasteiger partial charge on any atom is -0.309 e. The Labute approximate surface area is 713 Å². The van der Waals surface area contributed by atoms with Gasteiger partial charge < -0.3 is 27.4 Å². The molecule has 124 heavy (non-hydrogen) atoms. The number of para-hydroxylation sites is 7. The number of hydrogen-bond donors (Lipinski definition) is 0. The molecule has 0 saturated heterocycles. The highest BCUT2D eigenvalue weighted by Crippen LogP contribution is 2.46. The predicted molar refractivity (Wildman–Crippen MR) is 518 cm³/mol. The highest BCUT2D eigenvalue weighted by molar-refractivity contribution is 6.21. The SMILES string of the molecule is c1ccc(-c2ccc(-n3c4ccccc4c4ccc(-c5cccc6c5c5cnccc5n6-c5ccccc5)cc43)cc2)cc1.c1ccc(-n2c3ccccc3c3ccc(-c4cccc5c4c4cnccc4n5-c4ccccc4)cc32)cc1.c1ccc(-n2c3ccncc3c3c(-c4ccc5c6ccccc6n(-c6ccc7ccccc7c6)c5c4)cccc32)cc1. The average Bonchev–Trinajstić information content (AvgIpc) is 1.58. The minimum atomic E-state index is 1.14. The number of nitrogens with zero attached hydrogens (tertiary/aromatic N) is 9. The Morgan fingerprint density at radius 1 is 0.145 bits per heavy atom. The Bertz CT molecular complexity index is 8650. The van der Waals surface area contributed by atoms with E-state index in [1.807, 2.05) is 37.2 Å². The number of pyridine rings is 3. The van der Waals surface area contributed by atoms with Crippen LogP contribution in [-0.4, -0.2) is 42.4 Å². The van der Waals surface area contributed by atoms with E-state index < -0.39 is 0 Å². The van der Waals surface area contributed by atoms with Crippen LogP contribution in [0, 0.1) is 0 Å². The van der Waals surface area contributed by atoms with E-state index in [-0.39, 0.29) is 0 Å². The summed E-state index contributed by atoms with van der Waals surface area (Å²) < 4.78 is 14.2. The van der Waals surface area contributed by atoms with Crippen LogP contribution >= 0.6 is 0 Å². The van der Waals surface area contributed by atoms with E-state index in [2.05, 4.69) is 461 Å². The summed E-state index contributed by atoms with van der Waals surface area (Å²) in [7, 11) is 0. The third-order valence-electron chi connectivity index (χ3n) is 25.0. The molecule has 0 spiro atoms. The fraction of sp³-hybridized carbons (Fsp3) is 0. The number of benzene rings is 17. The van der Waals surface area contributed by atoms with Crippen LogP contribution in [-0.2, 0) is 0 Å². The average molecular weight is 1580 g/mol. The summed E-state index contributed by atoms with van der Waals surface area (Å²) in [5.41, 5.74) is 30.8. The standard InChI is InChI=1S/C41H27N3.C39H25N3.C35H23N3/c1-3-10-28(11-4-1)29-18-21-32(22-19-29)44-37-16-8-7-14-34(37)35-23-20-30(26-40(35)44)33-15-9-17-39-41(33)36-27-42-25-24-38(36)43(39)31-12-5-2-6-13-31;1-2-11-29(12-3-1)41-36-21-22-40-25-34(36)39-31(14-8-16-37(39)41)28-18-20-33-32-13-6-7-15-35(32)42(38(33)24-28)30-19-17-26-9-4-5-10-27(26)23-30;1-3-10-25(11-4-1)37-32-20-21-36-23-30(32)35-27(15-9-17-33(35)37)24-18-19-29-28-14-7-8-16-31(28)38(34(29)22-24)26-12-5-2-6-13-26/h1-27H;1-25H;1-23H. The first kappa shape index (κ1) is 71.4. The molecule has 9 aromatic heterocycles. The lowest BCUT2D eigenvalue weighted by molar-refractivity contribution is 1.17. The van der Waals surface area contributed by atoms with Crippen LogP contribution in [0.1, 0.15) is 0 Å². The maximum atomic E-state index is 4.55. The van der Waals surface area contributed by atoms with E-state index in [1.165, 1.54) is 165 Å². The monoisotopic (exact) mass is 1580 g/mol. The quantitative estimate of drug-likeness (QED) is 0.137. The molecule has 0 radical (unpaired) electrons. The summed E-state index contributed by atoms with van der Waals surface area (Å²) in [5.74, 6) is 0. The normalized spacial score (nSPS) is 11.7.